The third-order valence-electron chi connectivity index (χ3n) is 7.70. The zero-order valence-corrected chi connectivity index (χ0v) is 21.7. The van der Waals surface area contributed by atoms with Crippen LogP contribution in [0.4, 0.5) is 0 Å². The van der Waals surface area contributed by atoms with E-state index in [1.165, 1.54) is 44.9 Å². The number of benzene rings is 1. The summed E-state index contributed by atoms with van der Waals surface area (Å²) in [4.78, 5) is 24.5. The van der Waals surface area contributed by atoms with Gasteiger partial charge in [-0.1, -0.05) is 55.9 Å². The predicted octanol–water partition coefficient (Wildman–Crippen LogP) is 5.01. The SMILES string of the molecule is CC#C[C@@H](CC(=O)OC(=O)[C@@H](N)CCCCN)c1ccc(OCC2C=CCCC23CCCCC3)cc1. The Labute approximate surface area is 216 Å². The molecule has 2 aliphatic carbocycles. The highest BCUT2D eigenvalue weighted by Crippen LogP contribution is 2.49. The first kappa shape index (κ1) is 28.0. The quantitative estimate of drug-likeness (QED) is 0.147. The molecular formula is C30H42N2O4. The van der Waals surface area contributed by atoms with E-state index in [2.05, 4.69) is 24.0 Å². The second-order valence-electron chi connectivity index (χ2n) is 10.2. The molecule has 1 unspecified atom stereocenters. The first-order valence-corrected chi connectivity index (χ1v) is 13.5. The summed E-state index contributed by atoms with van der Waals surface area (Å²) in [7, 11) is 0. The average Bonchev–Trinajstić information content (AvgIpc) is 2.89. The molecule has 0 bridgehead atoms. The molecule has 4 N–H and O–H groups in total. The lowest BCUT2D eigenvalue weighted by atomic mass is 9.62. The first-order chi connectivity index (χ1) is 17.5. The van der Waals surface area contributed by atoms with E-state index in [1.54, 1.807) is 6.92 Å². The van der Waals surface area contributed by atoms with Crippen molar-refractivity contribution in [2.45, 2.75) is 89.5 Å². The summed E-state index contributed by atoms with van der Waals surface area (Å²) in [6, 6.07) is 6.92. The lowest BCUT2D eigenvalue weighted by molar-refractivity contribution is -0.160. The monoisotopic (exact) mass is 494 g/mol. The second-order valence-corrected chi connectivity index (χ2v) is 10.2. The van der Waals surface area contributed by atoms with Crippen LogP contribution in [0.15, 0.2) is 36.4 Å². The number of esters is 2. The molecule has 0 aliphatic heterocycles. The number of carbonyl (C=O) groups is 2. The van der Waals surface area contributed by atoms with Crippen molar-refractivity contribution in [3.05, 3.63) is 42.0 Å². The van der Waals surface area contributed by atoms with E-state index in [4.69, 9.17) is 20.9 Å². The second kappa shape index (κ2) is 14.2. The molecule has 36 heavy (non-hydrogen) atoms. The van der Waals surface area contributed by atoms with Crippen LogP contribution in [0, 0.1) is 23.2 Å². The van der Waals surface area contributed by atoms with E-state index in [-0.39, 0.29) is 12.3 Å². The molecule has 0 aromatic heterocycles. The molecule has 0 heterocycles. The van der Waals surface area contributed by atoms with Crippen molar-refractivity contribution in [3.8, 4) is 17.6 Å². The minimum atomic E-state index is -0.820. The fourth-order valence-corrected chi connectivity index (χ4v) is 5.56. The Morgan fingerprint density at radius 2 is 1.86 bits per heavy atom. The molecule has 1 aromatic rings. The number of unbranched alkanes of at least 4 members (excludes halogenated alkanes) is 1. The summed E-state index contributed by atoms with van der Waals surface area (Å²) in [6.07, 6.45) is 15.7. The maximum absolute atomic E-state index is 12.4. The van der Waals surface area contributed by atoms with Crippen LogP contribution in [-0.2, 0) is 14.3 Å². The van der Waals surface area contributed by atoms with Crippen molar-refractivity contribution in [1.82, 2.24) is 0 Å². The molecule has 0 radical (unpaired) electrons. The van der Waals surface area contributed by atoms with E-state index in [1.807, 2.05) is 24.3 Å². The Balaban J connectivity index is 1.54. The molecule has 0 amide bonds. The van der Waals surface area contributed by atoms with Crippen molar-refractivity contribution in [3.63, 3.8) is 0 Å². The summed E-state index contributed by atoms with van der Waals surface area (Å²) in [5, 5.41) is 0. The first-order valence-electron chi connectivity index (χ1n) is 13.5. The van der Waals surface area contributed by atoms with Crippen LogP contribution in [-0.4, -0.2) is 31.1 Å². The van der Waals surface area contributed by atoms with Crippen molar-refractivity contribution in [2.75, 3.05) is 13.2 Å². The summed E-state index contributed by atoms with van der Waals surface area (Å²) in [6.45, 7) is 2.96. The summed E-state index contributed by atoms with van der Waals surface area (Å²) < 4.78 is 11.2. The normalized spacial score (nSPS) is 20.1. The minimum Gasteiger partial charge on any atom is -0.493 e. The number of nitrogens with two attached hydrogens (primary N) is 2. The maximum atomic E-state index is 12.4. The Morgan fingerprint density at radius 3 is 2.56 bits per heavy atom. The van der Waals surface area contributed by atoms with E-state index >= 15 is 0 Å². The lowest BCUT2D eigenvalue weighted by Gasteiger charge is -2.44. The Hall–Kier alpha value is -2.62. The maximum Gasteiger partial charge on any atom is 0.330 e. The zero-order valence-electron chi connectivity index (χ0n) is 21.7. The van der Waals surface area contributed by atoms with E-state index < -0.39 is 18.0 Å². The molecule has 1 spiro atoms. The Kier molecular flexibility index (Phi) is 11.0. The molecule has 3 atom stereocenters. The molecule has 0 saturated heterocycles. The van der Waals surface area contributed by atoms with Gasteiger partial charge in [-0.2, -0.15) is 0 Å². The van der Waals surface area contributed by atoms with Crippen molar-refractivity contribution in [2.24, 2.45) is 22.8 Å². The van der Waals surface area contributed by atoms with Gasteiger partial charge in [0.05, 0.1) is 18.9 Å². The van der Waals surface area contributed by atoms with Crippen LogP contribution >= 0.6 is 0 Å². The van der Waals surface area contributed by atoms with Gasteiger partial charge in [0.15, 0.2) is 0 Å². The van der Waals surface area contributed by atoms with Crippen LogP contribution < -0.4 is 16.2 Å². The number of allylic oxidation sites excluding steroid dienone is 1. The number of carbonyl (C=O) groups excluding carboxylic acids is 2. The van der Waals surface area contributed by atoms with Gasteiger partial charge in [0.2, 0.25) is 0 Å². The fourth-order valence-electron chi connectivity index (χ4n) is 5.56. The van der Waals surface area contributed by atoms with Crippen molar-refractivity contribution < 1.29 is 19.1 Å². The van der Waals surface area contributed by atoms with Gasteiger partial charge in [0.1, 0.15) is 11.8 Å². The topological polar surface area (TPSA) is 105 Å². The highest BCUT2D eigenvalue weighted by atomic mass is 16.6. The standard InChI is InChI=1S/C30H42N2O4/c1-2-10-24(21-28(33)36-29(34)27(32)12-5-9-20-31)23-13-15-26(16-14-23)35-22-25-11-4-8-19-30(25)17-6-3-7-18-30/h4,11,13-16,24-25,27H,3,5-9,12,17-22,31-32H2,1H3/t24-,25?,27-/m0/s1. The summed E-state index contributed by atoms with van der Waals surface area (Å²) in [5.41, 5.74) is 12.6. The van der Waals surface area contributed by atoms with Crippen LogP contribution in [0.5, 0.6) is 5.75 Å². The molecule has 1 saturated carbocycles. The Bertz CT molecular complexity index is 938. The van der Waals surface area contributed by atoms with E-state index in [0.29, 0.717) is 30.9 Å². The van der Waals surface area contributed by atoms with Gasteiger partial charge in [0.25, 0.3) is 0 Å². The van der Waals surface area contributed by atoms with Gasteiger partial charge in [-0.25, -0.2) is 4.79 Å². The number of rotatable bonds is 11. The van der Waals surface area contributed by atoms with Gasteiger partial charge in [0, 0.05) is 5.92 Å². The third-order valence-corrected chi connectivity index (χ3v) is 7.70. The molecule has 6 nitrogen and oxygen atoms in total. The lowest BCUT2D eigenvalue weighted by Crippen LogP contribution is -2.37. The molecule has 3 rings (SSSR count). The number of hydrogen-bond donors (Lipinski definition) is 2. The Morgan fingerprint density at radius 1 is 1.11 bits per heavy atom. The van der Waals surface area contributed by atoms with Gasteiger partial charge < -0.3 is 20.9 Å². The third kappa shape index (κ3) is 7.94. The van der Waals surface area contributed by atoms with E-state index in [0.717, 1.165) is 24.2 Å². The van der Waals surface area contributed by atoms with Crippen LogP contribution in [0.1, 0.15) is 89.0 Å². The molecule has 1 aromatic carbocycles. The molecule has 2 aliphatic rings. The smallest absolute Gasteiger partial charge is 0.330 e. The van der Waals surface area contributed by atoms with Crippen LogP contribution in [0.25, 0.3) is 0 Å². The van der Waals surface area contributed by atoms with Crippen LogP contribution in [0.2, 0.25) is 0 Å². The van der Waals surface area contributed by atoms with Crippen molar-refractivity contribution in [1.29, 1.82) is 0 Å². The summed E-state index contributed by atoms with van der Waals surface area (Å²) in [5.74, 6) is 5.52. The highest BCUT2D eigenvalue weighted by molar-refractivity contribution is 5.88. The molecular weight excluding hydrogens is 452 g/mol. The minimum absolute atomic E-state index is 0.0162. The van der Waals surface area contributed by atoms with Crippen molar-refractivity contribution >= 4 is 11.9 Å². The highest BCUT2D eigenvalue weighted by Gasteiger charge is 2.39. The van der Waals surface area contributed by atoms with Gasteiger partial charge >= 0.3 is 11.9 Å². The zero-order chi connectivity index (χ0) is 25.8. The van der Waals surface area contributed by atoms with Crippen LogP contribution in [0.3, 0.4) is 0 Å². The number of hydrogen-bond acceptors (Lipinski definition) is 6. The summed E-state index contributed by atoms with van der Waals surface area (Å²) >= 11 is 0. The predicted molar refractivity (Wildman–Crippen MR) is 142 cm³/mol. The molecule has 6 heteroatoms. The fraction of sp³-hybridized carbons (Fsp3) is 0.600. The largest absolute Gasteiger partial charge is 0.493 e. The molecule has 196 valence electrons. The number of ether oxygens (including phenoxy) is 2. The van der Waals surface area contributed by atoms with E-state index in [9.17, 15) is 9.59 Å². The van der Waals surface area contributed by atoms with Gasteiger partial charge in [-0.3, -0.25) is 4.79 Å². The average molecular weight is 495 g/mol. The van der Waals surface area contributed by atoms with Gasteiger partial charge in [-0.15, -0.1) is 5.92 Å². The van der Waals surface area contributed by atoms with Gasteiger partial charge in [-0.05, 0) is 75.1 Å². The molecule has 1 fully saturated rings.